The first-order valence-corrected chi connectivity index (χ1v) is 7.06. The molecular formula is C13H18F3N5O2. The minimum atomic E-state index is -4.64. The van der Waals surface area contributed by atoms with E-state index in [9.17, 15) is 18.3 Å². The van der Waals surface area contributed by atoms with Crippen molar-refractivity contribution in [2.45, 2.75) is 26.1 Å². The van der Waals surface area contributed by atoms with Crippen LogP contribution in [0.4, 0.5) is 19.0 Å². The second-order valence-corrected chi connectivity index (χ2v) is 5.48. The molecule has 0 saturated carbocycles. The minimum Gasteiger partial charge on any atom is -0.389 e. The fraction of sp³-hybridized carbons (Fsp3) is 0.615. The normalized spacial score (nSPS) is 13.7. The minimum absolute atomic E-state index is 0.0105. The zero-order valence-electron chi connectivity index (χ0n) is 12.7. The molecule has 2 aromatic rings. The molecule has 2 N–H and O–H groups in total. The second-order valence-electron chi connectivity index (χ2n) is 5.48. The average Bonchev–Trinajstić information content (AvgIpc) is 2.87. The molecule has 0 saturated heterocycles. The van der Waals surface area contributed by atoms with Crippen molar-refractivity contribution >= 4 is 11.5 Å². The van der Waals surface area contributed by atoms with Gasteiger partial charge in [-0.2, -0.15) is 17.7 Å². The van der Waals surface area contributed by atoms with E-state index < -0.39 is 18.1 Å². The molecule has 2 rings (SSSR count). The van der Waals surface area contributed by atoms with Crippen LogP contribution in [-0.2, 0) is 10.9 Å². The van der Waals surface area contributed by atoms with Crippen LogP contribution in [0.3, 0.4) is 0 Å². The summed E-state index contributed by atoms with van der Waals surface area (Å²) >= 11 is 0. The number of rotatable bonds is 7. The van der Waals surface area contributed by atoms with Crippen LogP contribution in [0.25, 0.3) is 5.65 Å². The van der Waals surface area contributed by atoms with E-state index in [-0.39, 0.29) is 24.6 Å². The molecule has 0 aliphatic carbocycles. The van der Waals surface area contributed by atoms with Crippen molar-refractivity contribution in [1.29, 1.82) is 0 Å². The summed E-state index contributed by atoms with van der Waals surface area (Å²) in [6, 6.07) is 2.82. The van der Waals surface area contributed by atoms with Crippen LogP contribution in [0, 0.1) is 5.92 Å². The molecular weight excluding hydrogens is 315 g/mol. The summed E-state index contributed by atoms with van der Waals surface area (Å²) in [6.45, 7) is 4.73. The maximum atomic E-state index is 12.8. The van der Waals surface area contributed by atoms with Crippen molar-refractivity contribution in [1.82, 2.24) is 19.8 Å². The predicted octanol–water partition coefficient (Wildman–Crippen LogP) is 1.59. The van der Waals surface area contributed by atoms with E-state index in [1.165, 1.54) is 12.1 Å². The van der Waals surface area contributed by atoms with Gasteiger partial charge in [0.25, 0.3) is 5.82 Å². The highest BCUT2D eigenvalue weighted by atomic mass is 19.4. The lowest BCUT2D eigenvalue weighted by Crippen LogP contribution is -2.26. The Balaban J connectivity index is 1.98. The van der Waals surface area contributed by atoms with Crippen LogP contribution >= 0.6 is 0 Å². The molecule has 128 valence electrons. The van der Waals surface area contributed by atoms with Crippen LogP contribution in [0.2, 0.25) is 0 Å². The summed E-state index contributed by atoms with van der Waals surface area (Å²) in [6.07, 6.45) is -5.44. The van der Waals surface area contributed by atoms with Gasteiger partial charge in [0.2, 0.25) is 0 Å². The summed E-state index contributed by atoms with van der Waals surface area (Å²) in [7, 11) is 0. The highest BCUT2D eigenvalue weighted by Gasteiger charge is 2.37. The largest absolute Gasteiger partial charge is 0.453 e. The van der Waals surface area contributed by atoms with E-state index in [0.717, 1.165) is 0 Å². The molecule has 0 amide bonds. The van der Waals surface area contributed by atoms with Crippen LogP contribution < -0.4 is 5.32 Å². The molecule has 10 heteroatoms. The maximum absolute atomic E-state index is 12.8. The molecule has 0 aromatic carbocycles. The van der Waals surface area contributed by atoms with Crippen molar-refractivity contribution in [2.75, 3.05) is 25.1 Å². The van der Waals surface area contributed by atoms with Gasteiger partial charge in [-0.1, -0.05) is 13.8 Å². The van der Waals surface area contributed by atoms with E-state index in [2.05, 4.69) is 20.6 Å². The van der Waals surface area contributed by atoms with E-state index in [0.29, 0.717) is 17.0 Å². The quantitative estimate of drug-likeness (QED) is 0.800. The van der Waals surface area contributed by atoms with Crippen molar-refractivity contribution in [3.8, 4) is 0 Å². The van der Waals surface area contributed by atoms with E-state index >= 15 is 0 Å². The van der Waals surface area contributed by atoms with Gasteiger partial charge < -0.3 is 15.2 Å². The van der Waals surface area contributed by atoms with Gasteiger partial charge in [0, 0.05) is 13.2 Å². The number of alkyl halides is 3. The first kappa shape index (κ1) is 17.4. The Kier molecular flexibility index (Phi) is 5.37. The van der Waals surface area contributed by atoms with Crippen LogP contribution in [0.5, 0.6) is 0 Å². The van der Waals surface area contributed by atoms with Gasteiger partial charge in [-0.05, 0) is 18.1 Å². The third-order valence-electron chi connectivity index (χ3n) is 2.80. The highest BCUT2D eigenvalue weighted by Crippen LogP contribution is 2.27. The van der Waals surface area contributed by atoms with Crippen molar-refractivity contribution in [3.63, 3.8) is 0 Å². The first-order chi connectivity index (χ1) is 10.8. The van der Waals surface area contributed by atoms with Gasteiger partial charge >= 0.3 is 6.18 Å². The van der Waals surface area contributed by atoms with Gasteiger partial charge in [-0.15, -0.1) is 15.3 Å². The molecule has 0 bridgehead atoms. The molecule has 0 spiro atoms. The molecule has 1 unspecified atom stereocenters. The van der Waals surface area contributed by atoms with Gasteiger partial charge in [0.15, 0.2) is 5.65 Å². The molecule has 2 aromatic heterocycles. The van der Waals surface area contributed by atoms with Gasteiger partial charge in [0.1, 0.15) is 5.82 Å². The number of hydrogen-bond acceptors (Lipinski definition) is 6. The molecule has 7 nitrogen and oxygen atoms in total. The lowest BCUT2D eigenvalue weighted by molar-refractivity contribution is -0.146. The second kappa shape index (κ2) is 7.09. The highest BCUT2D eigenvalue weighted by molar-refractivity contribution is 5.44. The number of aliphatic hydroxyl groups is 1. The first-order valence-electron chi connectivity index (χ1n) is 7.06. The Morgan fingerprint density at radius 3 is 2.65 bits per heavy atom. The molecule has 0 fully saturated rings. The topological polar surface area (TPSA) is 84.6 Å². The van der Waals surface area contributed by atoms with Gasteiger partial charge in [0.05, 0.1) is 12.7 Å². The number of aromatic nitrogens is 4. The summed E-state index contributed by atoms with van der Waals surface area (Å²) in [5.74, 6) is -0.670. The zero-order valence-corrected chi connectivity index (χ0v) is 12.7. The van der Waals surface area contributed by atoms with E-state index in [1.807, 2.05) is 13.8 Å². The number of anilines is 1. The Bertz CT molecular complexity index is 644. The number of nitrogens with one attached hydrogen (secondary N) is 1. The number of nitrogens with zero attached hydrogens (tertiary/aromatic N) is 4. The summed E-state index contributed by atoms with van der Waals surface area (Å²) in [5, 5.41) is 22.8. The predicted molar refractivity (Wildman–Crippen MR) is 75.9 cm³/mol. The molecule has 2 heterocycles. The van der Waals surface area contributed by atoms with E-state index in [1.54, 1.807) is 0 Å². The Labute approximate surface area is 130 Å². The third kappa shape index (κ3) is 4.76. The van der Waals surface area contributed by atoms with Crippen LogP contribution in [0.15, 0.2) is 12.1 Å². The third-order valence-corrected chi connectivity index (χ3v) is 2.80. The van der Waals surface area contributed by atoms with Crippen molar-refractivity contribution < 1.29 is 23.0 Å². The summed E-state index contributed by atoms with van der Waals surface area (Å²) in [4.78, 5) is 0. The van der Waals surface area contributed by atoms with Crippen LogP contribution in [-0.4, -0.2) is 50.8 Å². The number of hydrogen-bond donors (Lipinski definition) is 2. The monoisotopic (exact) mass is 333 g/mol. The molecule has 23 heavy (non-hydrogen) atoms. The Morgan fingerprint density at radius 2 is 2.00 bits per heavy atom. The van der Waals surface area contributed by atoms with Gasteiger partial charge in [-0.3, -0.25) is 0 Å². The number of ether oxygens (including phenoxy) is 1. The number of aliphatic hydroxyl groups excluding tert-OH is 1. The number of fused-ring (bicyclic) bond motifs is 1. The lowest BCUT2D eigenvalue weighted by atomic mass is 10.2. The van der Waals surface area contributed by atoms with Crippen LogP contribution in [0.1, 0.15) is 19.7 Å². The molecule has 1 atom stereocenters. The molecule has 0 aliphatic heterocycles. The summed E-state index contributed by atoms with van der Waals surface area (Å²) < 4.78 is 44.2. The van der Waals surface area contributed by atoms with Crippen molar-refractivity contribution in [3.05, 3.63) is 18.0 Å². The smallest absolute Gasteiger partial charge is 0.389 e. The summed E-state index contributed by atoms with van der Waals surface area (Å²) in [5.41, 5.74) is -0.0105. The maximum Gasteiger partial charge on any atom is 0.453 e. The Morgan fingerprint density at radius 1 is 1.26 bits per heavy atom. The SMILES string of the molecule is CC(C)COCC(O)CNc1ccc2nnc(C(F)(F)F)n2n1. The fourth-order valence-electron chi connectivity index (χ4n) is 1.78. The average molecular weight is 333 g/mol. The van der Waals surface area contributed by atoms with E-state index in [4.69, 9.17) is 4.74 Å². The molecule has 0 aliphatic rings. The fourth-order valence-corrected chi connectivity index (χ4v) is 1.78. The standard InChI is InChI=1S/C13H18F3N5O2/c1-8(2)6-23-7-9(22)5-17-10-3-4-11-18-19-12(13(14,15)16)21(11)20-10/h3-4,8-9,22H,5-7H2,1-2H3,(H,17,20). The lowest BCUT2D eigenvalue weighted by Gasteiger charge is -2.14. The van der Waals surface area contributed by atoms with Gasteiger partial charge in [-0.25, -0.2) is 0 Å². The number of halogens is 3. The Hall–Kier alpha value is -1.94. The zero-order chi connectivity index (χ0) is 17.0. The molecule has 0 radical (unpaired) electrons. The van der Waals surface area contributed by atoms with Crippen molar-refractivity contribution in [2.24, 2.45) is 5.92 Å².